The van der Waals surface area contributed by atoms with Crippen molar-refractivity contribution in [2.24, 2.45) is 10.8 Å². The molecule has 5 N–H and O–H groups in total. The Kier molecular flexibility index (Phi) is 5.91. The highest BCUT2D eigenvalue weighted by Crippen LogP contribution is 2.06. The van der Waals surface area contributed by atoms with Crippen molar-refractivity contribution in [1.82, 2.24) is 5.43 Å². The lowest BCUT2D eigenvalue weighted by Gasteiger charge is -1.99. The molecule has 0 saturated carbocycles. The summed E-state index contributed by atoms with van der Waals surface area (Å²) in [5.41, 5.74) is 8.99. The number of Topliss-reactive ketones (excluding diaryl/α,β-unsaturated/α-hetero) is 1. The first-order valence-corrected chi connectivity index (χ1v) is 4.70. The fraction of sp³-hybridized carbons (Fsp3) is 0.100. The van der Waals surface area contributed by atoms with Crippen LogP contribution in [0.3, 0.4) is 0 Å². The predicted octanol–water partition coefficient (Wildman–Crippen LogP) is 0.172. The number of thiocarbonyl (C=S) groups is 1. The highest BCUT2D eigenvalue weighted by Gasteiger charge is 2.04. The maximum atomic E-state index is 11.6. The Morgan fingerprint density at radius 1 is 1.50 bits per heavy atom. The van der Waals surface area contributed by atoms with E-state index < -0.39 is 0 Å². The van der Waals surface area contributed by atoms with Crippen LogP contribution in [0, 0.1) is 6.92 Å². The van der Waals surface area contributed by atoms with Crippen LogP contribution in [-0.4, -0.2) is 22.6 Å². The minimum atomic E-state index is -0.183. The number of nitrogens with two attached hydrogens (primary N) is 1. The molecule has 1 aromatic rings. The topological polar surface area (TPSA) is 99.0 Å². The van der Waals surface area contributed by atoms with Gasteiger partial charge in [-0.3, -0.25) is 10.2 Å². The summed E-state index contributed by atoms with van der Waals surface area (Å²) in [6.07, 6.45) is 1.15. The first-order valence-electron chi connectivity index (χ1n) is 4.29. The first-order chi connectivity index (χ1) is 7.11. The lowest BCUT2D eigenvalue weighted by molar-refractivity contribution is 0.107. The van der Waals surface area contributed by atoms with Gasteiger partial charge in [0, 0.05) is 5.56 Å². The van der Waals surface area contributed by atoms with Crippen LogP contribution in [0.1, 0.15) is 15.9 Å². The van der Waals surface area contributed by atoms with Crippen molar-refractivity contribution >= 4 is 29.3 Å². The molecule has 0 aliphatic carbocycles. The van der Waals surface area contributed by atoms with Crippen molar-refractivity contribution < 1.29 is 10.3 Å². The van der Waals surface area contributed by atoms with E-state index in [2.05, 4.69) is 22.7 Å². The number of nitrogens with one attached hydrogen (secondary N) is 1. The minimum absolute atomic E-state index is 0. The number of benzene rings is 1. The second kappa shape index (κ2) is 6.65. The van der Waals surface area contributed by atoms with Gasteiger partial charge in [0.25, 0.3) is 0 Å². The number of hydrazone groups is 1. The Morgan fingerprint density at radius 3 is 2.69 bits per heavy atom. The van der Waals surface area contributed by atoms with Gasteiger partial charge in [0.05, 0.1) is 6.21 Å². The van der Waals surface area contributed by atoms with Crippen LogP contribution in [0.4, 0.5) is 0 Å². The van der Waals surface area contributed by atoms with Gasteiger partial charge >= 0.3 is 0 Å². The lowest BCUT2D eigenvalue weighted by atomic mass is 10.1. The number of hydrogen-bond acceptors (Lipinski definition) is 3. The minimum Gasteiger partial charge on any atom is -0.412 e. The van der Waals surface area contributed by atoms with Gasteiger partial charge < -0.3 is 11.2 Å². The van der Waals surface area contributed by atoms with Crippen LogP contribution < -0.4 is 11.2 Å². The van der Waals surface area contributed by atoms with E-state index in [4.69, 9.17) is 5.73 Å². The molecule has 0 bridgehead atoms. The van der Waals surface area contributed by atoms with Gasteiger partial charge in [0.1, 0.15) is 0 Å². The average molecular weight is 239 g/mol. The Hall–Kier alpha value is -1.79. The fourth-order valence-electron chi connectivity index (χ4n) is 1.07. The number of hydrogen-bond donors (Lipinski definition) is 2. The van der Waals surface area contributed by atoms with E-state index in [1.54, 1.807) is 12.1 Å². The Bertz CT molecular complexity index is 418. The summed E-state index contributed by atoms with van der Waals surface area (Å²) >= 11 is 4.53. The van der Waals surface area contributed by atoms with Crippen molar-refractivity contribution in [3.63, 3.8) is 0 Å². The molecule has 0 amide bonds. The van der Waals surface area contributed by atoms with Crippen molar-refractivity contribution in [3.8, 4) is 0 Å². The highest BCUT2D eigenvalue weighted by molar-refractivity contribution is 7.80. The molecular formula is C10H13N3O2S. The molecule has 5 nitrogen and oxygen atoms in total. The number of rotatable bonds is 3. The van der Waals surface area contributed by atoms with Crippen LogP contribution in [0.5, 0.6) is 0 Å². The number of carbonyl (C=O) groups is 1. The highest BCUT2D eigenvalue weighted by atomic mass is 32.1. The van der Waals surface area contributed by atoms with E-state index in [1.165, 1.54) is 0 Å². The Labute approximate surface area is 98.6 Å². The quantitative estimate of drug-likeness (QED) is 0.340. The fourth-order valence-corrected chi connectivity index (χ4v) is 1.13. The molecule has 0 aliphatic heterocycles. The van der Waals surface area contributed by atoms with Crippen molar-refractivity contribution in [2.45, 2.75) is 6.92 Å². The third-order valence-electron chi connectivity index (χ3n) is 1.77. The maximum Gasteiger partial charge on any atom is 0.206 e. The third kappa shape index (κ3) is 4.16. The molecule has 16 heavy (non-hydrogen) atoms. The summed E-state index contributed by atoms with van der Waals surface area (Å²) in [4.78, 5) is 11.6. The zero-order valence-corrected chi connectivity index (χ0v) is 9.54. The van der Waals surface area contributed by atoms with Crippen LogP contribution in [0.15, 0.2) is 29.4 Å². The molecule has 0 radical (unpaired) electrons. The van der Waals surface area contributed by atoms with Gasteiger partial charge in [-0.05, 0) is 24.7 Å². The van der Waals surface area contributed by atoms with E-state index in [1.807, 2.05) is 19.1 Å². The summed E-state index contributed by atoms with van der Waals surface area (Å²) in [5, 5.41) is 3.63. The van der Waals surface area contributed by atoms with Gasteiger partial charge in [-0.1, -0.05) is 24.3 Å². The standard InChI is InChI=1S/C10H11N3OS.H2O/c1-7-4-2-3-5-8(7)9(14)6-12-13-10(11)15;/h2-6H,1H3,(H3,11,13,15);1H2/b12-6+;. The molecule has 0 unspecified atom stereocenters. The number of nitrogens with zero attached hydrogens (tertiary/aromatic N) is 1. The molecule has 6 heteroatoms. The normalized spacial score (nSPS) is 9.56. The second-order valence-corrected chi connectivity index (χ2v) is 3.35. The van der Waals surface area contributed by atoms with Gasteiger partial charge in [-0.25, -0.2) is 0 Å². The average Bonchev–Trinajstić information content (AvgIpc) is 2.17. The van der Waals surface area contributed by atoms with Gasteiger partial charge in [-0.2, -0.15) is 5.10 Å². The second-order valence-electron chi connectivity index (χ2n) is 2.91. The Morgan fingerprint density at radius 2 is 2.12 bits per heavy atom. The molecule has 0 fully saturated rings. The molecule has 0 aromatic heterocycles. The molecule has 86 valence electrons. The van der Waals surface area contributed by atoms with E-state index in [9.17, 15) is 4.79 Å². The van der Waals surface area contributed by atoms with E-state index in [0.29, 0.717) is 5.56 Å². The van der Waals surface area contributed by atoms with Crippen molar-refractivity contribution in [2.75, 3.05) is 0 Å². The van der Waals surface area contributed by atoms with E-state index >= 15 is 0 Å². The zero-order chi connectivity index (χ0) is 11.3. The molecule has 0 spiro atoms. The van der Waals surface area contributed by atoms with Gasteiger partial charge in [0.2, 0.25) is 5.78 Å². The monoisotopic (exact) mass is 239 g/mol. The smallest absolute Gasteiger partial charge is 0.206 e. The lowest BCUT2D eigenvalue weighted by Crippen LogP contribution is -2.24. The summed E-state index contributed by atoms with van der Waals surface area (Å²) in [5.74, 6) is -0.183. The van der Waals surface area contributed by atoms with E-state index in [-0.39, 0.29) is 16.4 Å². The van der Waals surface area contributed by atoms with Crippen LogP contribution >= 0.6 is 12.2 Å². The van der Waals surface area contributed by atoms with Gasteiger partial charge in [-0.15, -0.1) is 0 Å². The van der Waals surface area contributed by atoms with Crippen LogP contribution in [0.2, 0.25) is 0 Å². The maximum absolute atomic E-state index is 11.6. The van der Waals surface area contributed by atoms with Crippen molar-refractivity contribution in [1.29, 1.82) is 0 Å². The van der Waals surface area contributed by atoms with Crippen LogP contribution in [0.25, 0.3) is 0 Å². The zero-order valence-electron chi connectivity index (χ0n) is 8.73. The first kappa shape index (κ1) is 14.2. The molecular weight excluding hydrogens is 226 g/mol. The van der Waals surface area contributed by atoms with Gasteiger partial charge in [0.15, 0.2) is 5.11 Å². The SMILES string of the molecule is Cc1ccccc1C(=O)/C=N/NC(N)=S.O. The largest absolute Gasteiger partial charge is 0.412 e. The number of carbonyl (C=O) groups excluding carboxylic acids is 1. The summed E-state index contributed by atoms with van der Waals surface area (Å²) in [7, 11) is 0. The van der Waals surface area contributed by atoms with Crippen molar-refractivity contribution in [3.05, 3.63) is 35.4 Å². The number of aryl methyl sites for hydroxylation is 1. The third-order valence-corrected chi connectivity index (χ3v) is 1.86. The molecule has 1 aromatic carbocycles. The summed E-state index contributed by atoms with van der Waals surface area (Å²) in [6.45, 7) is 1.86. The number of ketones is 1. The molecule has 0 aliphatic rings. The van der Waals surface area contributed by atoms with Crippen LogP contribution in [-0.2, 0) is 0 Å². The predicted molar refractivity (Wildman–Crippen MR) is 67.5 cm³/mol. The molecule has 0 heterocycles. The molecule has 0 atom stereocenters. The molecule has 1 rings (SSSR count). The molecule has 0 saturated heterocycles. The van der Waals surface area contributed by atoms with E-state index in [0.717, 1.165) is 11.8 Å². The Balaban J connectivity index is 0.00000225. The summed E-state index contributed by atoms with van der Waals surface area (Å²) in [6, 6.07) is 7.28. The summed E-state index contributed by atoms with van der Waals surface area (Å²) < 4.78 is 0.